The molecule has 0 unspecified atom stereocenters. The molecule has 3 heterocycles. The molecule has 2 aromatic heterocycles. The van der Waals surface area contributed by atoms with Gasteiger partial charge in [-0.05, 0) is 11.4 Å². The first-order valence-electron chi connectivity index (χ1n) is 6.37. The number of alkyl halides is 3. The number of fused-ring (bicyclic) bond motifs is 1. The van der Waals surface area contributed by atoms with Crippen LogP contribution in [0.25, 0.3) is 0 Å². The lowest BCUT2D eigenvalue weighted by Crippen LogP contribution is -2.35. The second kappa shape index (κ2) is 5.29. The summed E-state index contributed by atoms with van der Waals surface area (Å²) in [7, 11) is 0. The molecule has 0 spiro atoms. The molecule has 118 valence electrons. The monoisotopic (exact) mass is 331 g/mol. The molecule has 0 saturated heterocycles. The van der Waals surface area contributed by atoms with Gasteiger partial charge in [0.1, 0.15) is 5.82 Å². The Labute approximate surface area is 127 Å². The molecular formula is C12H12F3N5OS. The molecule has 0 aliphatic carbocycles. The summed E-state index contributed by atoms with van der Waals surface area (Å²) < 4.78 is 40.8. The molecule has 1 aliphatic heterocycles. The molecule has 2 atom stereocenters. The van der Waals surface area contributed by atoms with Gasteiger partial charge >= 0.3 is 6.18 Å². The number of thiophene rings is 1. The molecule has 10 heteroatoms. The molecule has 6 nitrogen and oxygen atoms in total. The van der Waals surface area contributed by atoms with E-state index in [1.54, 1.807) is 17.5 Å². The lowest BCUT2D eigenvalue weighted by Gasteiger charge is -2.32. The Balaban J connectivity index is 2.01. The molecule has 22 heavy (non-hydrogen) atoms. The fourth-order valence-electron chi connectivity index (χ4n) is 2.43. The van der Waals surface area contributed by atoms with E-state index in [2.05, 4.69) is 10.4 Å². The van der Waals surface area contributed by atoms with Gasteiger partial charge in [0.2, 0.25) is 0 Å². The Bertz CT molecular complexity index is 681. The van der Waals surface area contributed by atoms with Crippen LogP contribution in [0.1, 0.15) is 33.9 Å². The highest BCUT2D eigenvalue weighted by Crippen LogP contribution is 2.44. The second-order valence-electron chi connectivity index (χ2n) is 4.84. The van der Waals surface area contributed by atoms with Crippen molar-refractivity contribution in [1.29, 1.82) is 0 Å². The van der Waals surface area contributed by atoms with Crippen LogP contribution >= 0.6 is 11.3 Å². The number of nitrogens with two attached hydrogens (primary N) is 1. The largest absolute Gasteiger partial charge is 0.410 e. The van der Waals surface area contributed by atoms with Crippen molar-refractivity contribution in [2.24, 2.45) is 5.84 Å². The Morgan fingerprint density at radius 1 is 1.55 bits per heavy atom. The Morgan fingerprint density at radius 3 is 2.91 bits per heavy atom. The molecule has 2 aromatic rings. The van der Waals surface area contributed by atoms with Crippen LogP contribution in [0.2, 0.25) is 0 Å². The maximum Gasteiger partial charge on any atom is 0.410 e. The number of halogens is 3. The van der Waals surface area contributed by atoms with Gasteiger partial charge in [0.25, 0.3) is 5.91 Å². The summed E-state index contributed by atoms with van der Waals surface area (Å²) in [6, 6.07) is 2.54. The average Bonchev–Trinajstić information content (AvgIpc) is 3.12. The van der Waals surface area contributed by atoms with Crippen molar-refractivity contribution in [3.8, 4) is 0 Å². The summed E-state index contributed by atoms with van der Waals surface area (Å²) in [6.07, 6.45) is -4.66. The third kappa shape index (κ3) is 2.55. The van der Waals surface area contributed by atoms with Gasteiger partial charge in [-0.1, -0.05) is 6.07 Å². The third-order valence-electron chi connectivity index (χ3n) is 3.44. The predicted molar refractivity (Wildman–Crippen MR) is 74.3 cm³/mol. The lowest BCUT2D eigenvalue weighted by molar-refractivity contribution is -0.173. The second-order valence-corrected chi connectivity index (χ2v) is 5.82. The quantitative estimate of drug-likeness (QED) is 0.447. The summed E-state index contributed by atoms with van der Waals surface area (Å²) in [5.74, 6) is 4.40. The number of aromatic nitrogens is 2. The van der Waals surface area contributed by atoms with Crippen molar-refractivity contribution >= 4 is 23.1 Å². The number of hydrazine groups is 1. The number of nitrogens with zero attached hydrogens (tertiary/aromatic N) is 2. The first kappa shape index (κ1) is 14.9. The summed E-state index contributed by atoms with van der Waals surface area (Å²) >= 11 is 1.38. The summed E-state index contributed by atoms with van der Waals surface area (Å²) in [6.45, 7) is 0. The van der Waals surface area contributed by atoms with Gasteiger partial charge in [0.05, 0.1) is 6.04 Å². The average molecular weight is 331 g/mol. The van der Waals surface area contributed by atoms with Gasteiger partial charge < -0.3 is 5.32 Å². The molecule has 4 N–H and O–H groups in total. The lowest BCUT2D eigenvalue weighted by atomic mass is 10.0. The molecule has 0 radical (unpaired) electrons. The zero-order valence-electron chi connectivity index (χ0n) is 11.1. The zero-order chi connectivity index (χ0) is 15.9. The number of anilines is 1. The van der Waals surface area contributed by atoms with Crippen molar-refractivity contribution < 1.29 is 18.0 Å². The molecule has 3 rings (SSSR count). The highest BCUT2D eigenvalue weighted by atomic mass is 32.1. The number of hydrogen-bond acceptors (Lipinski definition) is 5. The maximum absolute atomic E-state index is 13.3. The molecule has 0 saturated carbocycles. The zero-order valence-corrected chi connectivity index (χ0v) is 11.9. The predicted octanol–water partition coefficient (Wildman–Crippen LogP) is 2.21. The van der Waals surface area contributed by atoms with E-state index in [1.165, 1.54) is 17.4 Å². The van der Waals surface area contributed by atoms with Crippen molar-refractivity contribution in [1.82, 2.24) is 15.2 Å². The third-order valence-corrected chi connectivity index (χ3v) is 4.43. The number of hydrogen-bond donors (Lipinski definition) is 3. The maximum atomic E-state index is 13.3. The van der Waals surface area contributed by atoms with Crippen LogP contribution < -0.4 is 16.6 Å². The first-order valence-corrected chi connectivity index (χ1v) is 7.25. The van der Waals surface area contributed by atoms with Crippen LogP contribution in [0.3, 0.4) is 0 Å². The van der Waals surface area contributed by atoms with E-state index < -0.39 is 24.2 Å². The van der Waals surface area contributed by atoms with E-state index in [0.29, 0.717) is 0 Å². The Kier molecular flexibility index (Phi) is 3.57. The van der Waals surface area contributed by atoms with Crippen LogP contribution in [0.15, 0.2) is 23.6 Å². The van der Waals surface area contributed by atoms with Crippen molar-refractivity contribution in [2.45, 2.75) is 24.7 Å². The van der Waals surface area contributed by atoms with Gasteiger partial charge in [-0.2, -0.15) is 18.3 Å². The number of carbonyl (C=O) groups excluding carboxylic acids is 1. The van der Waals surface area contributed by atoms with E-state index in [1.807, 2.05) is 5.43 Å². The molecular weight excluding hydrogens is 319 g/mol. The van der Waals surface area contributed by atoms with E-state index in [4.69, 9.17) is 5.84 Å². The Hall–Kier alpha value is -2.07. The molecule has 0 aromatic carbocycles. The molecule has 1 amide bonds. The highest BCUT2D eigenvalue weighted by molar-refractivity contribution is 7.10. The van der Waals surface area contributed by atoms with E-state index in [0.717, 1.165) is 9.56 Å². The SMILES string of the molecule is NNC(=O)c1cc2n(n1)[C@H](C(F)(F)F)C[C@H](c1cccs1)N2. The van der Waals surface area contributed by atoms with Gasteiger partial charge in [-0.25, -0.2) is 10.5 Å². The smallest absolute Gasteiger partial charge is 0.363 e. The van der Waals surface area contributed by atoms with Crippen LogP contribution in [0.5, 0.6) is 0 Å². The standard InChI is InChI=1S/C12H12F3N5OS/c13-12(14,15)9-4-6(8-2-1-3-22-8)17-10-5-7(11(21)18-16)19-20(9)10/h1-3,5-6,9,17H,4,16H2,(H,18,21)/t6-,9+/m1/s1. The van der Waals surface area contributed by atoms with Gasteiger partial charge in [-0.3, -0.25) is 10.2 Å². The van der Waals surface area contributed by atoms with Crippen molar-refractivity contribution in [2.75, 3.05) is 5.32 Å². The molecule has 0 bridgehead atoms. The van der Waals surface area contributed by atoms with Crippen molar-refractivity contribution in [3.63, 3.8) is 0 Å². The van der Waals surface area contributed by atoms with Gasteiger partial charge in [0.15, 0.2) is 11.7 Å². The minimum Gasteiger partial charge on any atom is -0.363 e. The van der Waals surface area contributed by atoms with Gasteiger partial charge in [-0.15, -0.1) is 11.3 Å². The molecule has 1 aliphatic rings. The number of nitrogen functional groups attached to an aromatic ring is 1. The summed E-state index contributed by atoms with van der Waals surface area (Å²) in [4.78, 5) is 12.3. The normalized spacial score (nSPS) is 21.1. The number of carbonyl (C=O) groups is 1. The van der Waals surface area contributed by atoms with Crippen LogP contribution in [-0.2, 0) is 0 Å². The highest BCUT2D eigenvalue weighted by Gasteiger charge is 2.46. The number of rotatable bonds is 2. The Morgan fingerprint density at radius 2 is 2.32 bits per heavy atom. The number of nitrogens with one attached hydrogen (secondary N) is 2. The van der Waals surface area contributed by atoms with E-state index in [9.17, 15) is 18.0 Å². The molecule has 0 fully saturated rings. The number of amides is 1. The minimum absolute atomic E-state index is 0.144. The van der Waals surface area contributed by atoms with Gasteiger partial charge in [0, 0.05) is 17.4 Å². The van der Waals surface area contributed by atoms with Crippen LogP contribution in [0.4, 0.5) is 19.0 Å². The van der Waals surface area contributed by atoms with E-state index in [-0.39, 0.29) is 17.9 Å². The first-order chi connectivity index (χ1) is 10.4. The van der Waals surface area contributed by atoms with Crippen molar-refractivity contribution in [3.05, 3.63) is 34.2 Å². The summed E-state index contributed by atoms with van der Waals surface area (Å²) in [5, 5.41) is 8.53. The topological polar surface area (TPSA) is 85.0 Å². The minimum atomic E-state index is -4.46. The van der Waals surface area contributed by atoms with Crippen LogP contribution in [-0.4, -0.2) is 21.9 Å². The van der Waals surface area contributed by atoms with E-state index >= 15 is 0 Å². The fraction of sp³-hybridized carbons (Fsp3) is 0.333. The fourth-order valence-corrected chi connectivity index (χ4v) is 3.23. The van der Waals surface area contributed by atoms with Crippen LogP contribution in [0, 0.1) is 0 Å². The summed E-state index contributed by atoms with van der Waals surface area (Å²) in [5.41, 5.74) is 1.70.